The van der Waals surface area contributed by atoms with Gasteiger partial charge >= 0.3 is 0 Å². The molecule has 1 heterocycles. The van der Waals surface area contributed by atoms with Crippen LogP contribution in [-0.4, -0.2) is 31.1 Å². The number of hydrogen-bond acceptors (Lipinski definition) is 6. The van der Waals surface area contributed by atoms with E-state index in [9.17, 15) is 14.7 Å². The van der Waals surface area contributed by atoms with Crippen molar-refractivity contribution in [1.82, 2.24) is 10.6 Å². The maximum absolute atomic E-state index is 12.6. The number of phenolic OH excluding ortho intramolecular Hbond substituents is 1. The third-order valence-corrected chi connectivity index (χ3v) is 5.53. The first-order chi connectivity index (χ1) is 15.9. The van der Waals surface area contributed by atoms with Gasteiger partial charge in [-0.3, -0.25) is 14.9 Å². The molecule has 2 amide bonds. The first kappa shape index (κ1) is 22.2. The zero-order chi connectivity index (χ0) is 23.5. The first-order valence-corrected chi connectivity index (χ1v) is 10.4. The highest BCUT2D eigenvalue weighted by atomic mass is 35.5. The van der Waals surface area contributed by atoms with Gasteiger partial charge in [-0.2, -0.15) is 0 Å². The summed E-state index contributed by atoms with van der Waals surface area (Å²) in [7, 11) is 2.92. The van der Waals surface area contributed by atoms with Crippen LogP contribution >= 0.6 is 11.6 Å². The van der Waals surface area contributed by atoms with Gasteiger partial charge in [0, 0.05) is 28.9 Å². The van der Waals surface area contributed by atoms with E-state index >= 15 is 0 Å². The Morgan fingerprint density at radius 2 is 1.67 bits per heavy atom. The Labute approximate surface area is 195 Å². The summed E-state index contributed by atoms with van der Waals surface area (Å²) in [5.74, 6) is -0.363. The fraction of sp³-hybridized carbons (Fsp3) is 0.120. The van der Waals surface area contributed by atoms with Crippen molar-refractivity contribution in [3.8, 4) is 28.4 Å². The fourth-order valence-corrected chi connectivity index (χ4v) is 3.79. The topological polar surface area (TPSA) is 96.9 Å². The maximum Gasteiger partial charge on any atom is 0.260 e. The zero-order valence-electron chi connectivity index (χ0n) is 17.9. The Balaban J connectivity index is 1.64. The molecule has 4 rings (SSSR count). The van der Waals surface area contributed by atoms with E-state index in [1.807, 2.05) is 24.3 Å². The third-order valence-electron chi connectivity index (χ3n) is 5.28. The van der Waals surface area contributed by atoms with Crippen LogP contribution in [0.15, 0.2) is 60.8 Å². The lowest BCUT2D eigenvalue weighted by molar-refractivity contribution is -0.114. The molecule has 0 spiro atoms. The Morgan fingerprint density at radius 3 is 2.36 bits per heavy atom. The number of ether oxygens (including phenoxy) is 2. The molecule has 1 aliphatic rings. The van der Waals surface area contributed by atoms with Gasteiger partial charge in [-0.05, 0) is 53.1 Å². The molecule has 0 saturated heterocycles. The molecule has 0 saturated carbocycles. The van der Waals surface area contributed by atoms with Crippen molar-refractivity contribution in [1.29, 1.82) is 0 Å². The Kier molecular flexibility index (Phi) is 6.24. The minimum atomic E-state index is -0.497. The minimum Gasteiger partial charge on any atom is -0.504 e. The van der Waals surface area contributed by atoms with Crippen LogP contribution in [-0.2, 0) is 11.3 Å². The summed E-state index contributed by atoms with van der Waals surface area (Å²) in [5.41, 5.74) is 3.73. The predicted octanol–water partition coefficient (Wildman–Crippen LogP) is 4.13. The number of halogens is 1. The molecule has 3 aromatic rings. The molecule has 0 aromatic heterocycles. The molecule has 3 N–H and O–H groups in total. The Morgan fingerprint density at radius 1 is 0.939 bits per heavy atom. The van der Waals surface area contributed by atoms with E-state index in [0.717, 1.165) is 11.1 Å². The highest BCUT2D eigenvalue weighted by Crippen LogP contribution is 2.37. The van der Waals surface area contributed by atoms with Gasteiger partial charge in [0.2, 0.25) is 5.75 Å². The number of phenols is 1. The van der Waals surface area contributed by atoms with Crippen LogP contribution in [0.25, 0.3) is 16.7 Å². The van der Waals surface area contributed by atoms with Crippen LogP contribution in [0.5, 0.6) is 17.2 Å². The average Bonchev–Trinajstić information content (AvgIpc) is 2.81. The number of hydrogen-bond donors (Lipinski definition) is 3. The Bertz CT molecular complexity index is 1270. The number of carbonyl (C=O) groups excluding carboxylic acids is 2. The van der Waals surface area contributed by atoms with Crippen LogP contribution in [0.1, 0.15) is 21.5 Å². The second-order valence-electron chi connectivity index (χ2n) is 7.34. The molecular formula is C25H21ClN2O5. The van der Waals surface area contributed by atoms with Gasteiger partial charge in [-0.25, -0.2) is 0 Å². The summed E-state index contributed by atoms with van der Waals surface area (Å²) < 4.78 is 10.4. The summed E-state index contributed by atoms with van der Waals surface area (Å²) in [6, 6.07) is 15.9. The van der Waals surface area contributed by atoms with E-state index in [1.54, 1.807) is 36.5 Å². The van der Waals surface area contributed by atoms with Gasteiger partial charge < -0.3 is 19.9 Å². The van der Waals surface area contributed by atoms with Crippen molar-refractivity contribution >= 4 is 29.0 Å². The van der Waals surface area contributed by atoms with Crippen molar-refractivity contribution in [2.45, 2.75) is 6.54 Å². The van der Waals surface area contributed by atoms with E-state index in [0.29, 0.717) is 39.6 Å². The van der Waals surface area contributed by atoms with Gasteiger partial charge in [0.25, 0.3) is 11.8 Å². The quantitative estimate of drug-likeness (QED) is 0.375. The van der Waals surface area contributed by atoms with Crippen LogP contribution in [0.4, 0.5) is 0 Å². The van der Waals surface area contributed by atoms with Gasteiger partial charge in [-0.15, -0.1) is 0 Å². The lowest BCUT2D eigenvalue weighted by atomic mass is 9.91. The summed E-state index contributed by atoms with van der Waals surface area (Å²) in [6.07, 6.45) is 1.56. The van der Waals surface area contributed by atoms with Crippen molar-refractivity contribution in [3.05, 3.63) is 82.5 Å². The van der Waals surface area contributed by atoms with E-state index in [2.05, 4.69) is 10.6 Å². The summed E-state index contributed by atoms with van der Waals surface area (Å²) in [5, 5.41) is 16.2. The monoisotopic (exact) mass is 464 g/mol. The van der Waals surface area contributed by atoms with Crippen LogP contribution in [0.2, 0.25) is 5.02 Å². The molecule has 7 nitrogen and oxygen atoms in total. The molecule has 3 aromatic carbocycles. The van der Waals surface area contributed by atoms with E-state index in [1.165, 1.54) is 14.2 Å². The van der Waals surface area contributed by atoms with Crippen molar-refractivity contribution < 1.29 is 24.2 Å². The number of imide groups is 1. The molecule has 168 valence electrons. The first-order valence-electron chi connectivity index (χ1n) is 10.0. The minimum absolute atomic E-state index is 0.0553. The number of carbonyl (C=O) groups is 2. The maximum atomic E-state index is 12.6. The van der Waals surface area contributed by atoms with Gasteiger partial charge in [0.1, 0.15) is 0 Å². The lowest BCUT2D eigenvalue weighted by Crippen LogP contribution is -2.37. The van der Waals surface area contributed by atoms with E-state index in [4.69, 9.17) is 21.1 Å². The van der Waals surface area contributed by atoms with Crippen molar-refractivity contribution in [2.24, 2.45) is 0 Å². The van der Waals surface area contributed by atoms with Crippen LogP contribution in [0.3, 0.4) is 0 Å². The second kappa shape index (κ2) is 9.26. The molecule has 0 unspecified atom stereocenters. The smallest absolute Gasteiger partial charge is 0.260 e. The largest absolute Gasteiger partial charge is 0.504 e. The predicted molar refractivity (Wildman–Crippen MR) is 125 cm³/mol. The van der Waals surface area contributed by atoms with Gasteiger partial charge in [-0.1, -0.05) is 29.8 Å². The highest BCUT2D eigenvalue weighted by molar-refractivity contribution is 6.31. The van der Waals surface area contributed by atoms with Crippen LogP contribution in [0, 0.1) is 0 Å². The van der Waals surface area contributed by atoms with Crippen molar-refractivity contribution in [2.75, 3.05) is 14.2 Å². The standard InChI is InChI=1S/C25H21ClN2O5/c1-32-22-10-14(9-21(29)23(22)33-2)12-27-13-20-19-11-16(15-3-6-17(26)7-4-15)5-8-18(19)24(30)28-25(20)31/h3-11,13,27,29H,12H2,1-2H3,(H,28,30,31). The van der Waals surface area contributed by atoms with E-state index < -0.39 is 11.8 Å². The number of aromatic hydroxyl groups is 1. The lowest BCUT2D eigenvalue weighted by Gasteiger charge is -2.19. The highest BCUT2D eigenvalue weighted by Gasteiger charge is 2.27. The number of fused-ring (bicyclic) bond motifs is 1. The number of amides is 2. The molecule has 1 aliphatic heterocycles. The van der Waals surface area contributed by atoms with Crippen molar-refractivity contribution in [3.63, 3.8) is 0 Å². The number of nitrogens with one attached hydrogen (secondary N) is 2. The van der Waals surface area contributed by atoms with Crippen LogP contribution < -0.4 is 20.1 Å². The molecule has 0 atom stereocenters. The molecule has 0 radical (unpaired) electrons. The Hall–Kier alpha value is -3.97. The molecule has 8 heteroatoms. The normalized spacial score (nSPS) is 14.0. The third kappa shape index (κ3) is 4.49. The van der Waals surface area contributed by atoms with E-state index in [-0.39, 0.29) is 11.5 Å². The molecule has 0 bridgehead atoms. The summed E-state index contributed by atoms with van der Waals surface area (Å²) in [6.45, 7) is 0.296. The van der Waals surface area contributed by atoms with Gasteiger partial charge in [0.15, 0.2) is 11.5 Å². The average molecular weight is 465 g/mol. The number of methoxy groups -OCH3 is 2. The summed E-state index contributed by atoms with van der Waals surface area (Å²) in [4.78, 5) is 25.0. The molecule has 0 fully saturated rings. The fourth-order valence-electron chi connectivity index (χ4n) is 3.66. The van der Waals surface area contributed by atoms with Gasteiger partial charge in [0.05, 0.1) is 19.8 Å². The molecule has 33 heavy (non-hydrogen) atoms. The number of benzene rings is 3. The number of rotatable bonds is 6. The summed E-state index contributed by atoms with van der Waals surface area (Å²) >= 11 is 5.98. The zero-order valence-corrected chi connectivity index (χ0v) is 18.7. The molecule has 0 aliphatic carbocycles. The SMILES string of the molecule is COc1cc(CNC=C2C(=O)NC(=O)c3ccc(-c4ccc(Cl)cc4)cc32)cc(O)c1OC. The molecular weight excluding hydrogens is 444 g/mol. The second-order valence-corrected chi connectivity index (χ2v) is 7.78.